The number of hydrogen-bond acceptors (Lipinski definition) is 3. The van der Waals surface area contributed by atoms with Crippen LogP contribution in [0.15, 0.2) is 24.3 Å². The van der Waals surface area contributed by atoms with Crippen LogP contribution in [0.2, 0.25) is 0 Å². The van der Waals surface area contributed by atoms with Crippen molar-refractivity contribution in [3.8, 4) is 0 Å². The Morgan fingerprint density at radius 1 is 1.44 bits per heavy atom. The maximum atomic E-state index is 11.0. The molecule has 0 unspecified atom stereocenters. The first-order chi connectivity index (χ1) is 7.79. The third kappa shape index (κ3) is 2.49. The molecule has 1 aliphatic heterocycles. The summed E-state index contributed by atoms with van der Waals surface area (Å²) in [5.41, 5.74) is 3.75. The van der Waals surface area contributed by atoms with Crippen LogP contribution in [0.25, 0.3) is 6.08 Å². The molecular weight excluding hydrogens is 202 g/mol. The Morgan fingerprint density at radius 2 is 2.31 bits per heavy atom. The van der Waals surface area contributed by atoms with E-state index in [0.29, 0.717) is 0 Å². The first-order valence-corrected chi connectivity index (χ1v) is 5.38. The predicted octanol–water partition coefficient (Wildman–Crippen LogP) is 1.52. The highest BCUT2D eigenvalue weighted by molar-refractivity contribution is 5.86. The van der Waals surface area contributed by atoms with E-state index < -0.39 is 0 Å². The quantitative estimate of drug-likeness (QED) is 0.603. The van der Waals surface area contributed by atoms with Crippen LogP contribution in [0.3, 0.4) is 0 Å². The number of carbonyl (C=O) groups excluding carboxylic acids is 1. The molecule has 1 aliphatic rings. The lowest BCUT2D eigenvalue weighted by Crippen LogP contribution is -2.23. The van der Waals surface area contributed by atoms with Crippen LogP contribution in [0.4, 0.5) is 0 Å². The number of ether oxygens (including phenoxy) is 1. The average Bonchev–Trinajstić information content (AvgIpc) is 2.35. The lowest BCUT2D eigenvalue weighted by molar-refractivity contribution is -0.134. The van der Waals surface area contributed by atoms with Gasteiger partial charge in [-0.1, -0.05) is 18.2 Å². The van der Waals surface area contributed by atoms with Gasteiger partial charge in [0.05, 0.1) is 7.11 Å². The maximum absolute atomic E-state index is 11.0. The standard InChI is InChI=1S/C13H15NO2/c1-16-13(15)5-3-10-2-4-11-6-7-14-9-12(11)8-10/h2-5,8,14H,6-7,9H2,1H3/b5-3+. The first-order valence-electron chi connectivity index (χ1n) is 5.38. The number of esters is 1. The van der Waals surface area contributed by atoms with Gasteiger partial charge in [-0.15, -0.1) is 0 Å². The van der Waals surface area contributed by atoms with E-state index in [-0.39, 0.29) is 5.97 Å². The molecule has 1 aromatic carbocycles. The molecule has 0 amide bonds. The Hall–Kier alpha value is -1.61. The predicted molar refractivity (Wildman–Crippen MR) is 62.9 cm³/mol. The van der Waals surface area contributed by atoms with Crippen molar-refractivity contribution >= 4 is 12.0 Å². The van der Waals surface area contributed by atoms with Crippen molar-refractivity contribution in [1.29, 1.82) is 0 Å². The van der Waals surface area contributed by atoms with E-state index in [0.717, 1.165) is 25.1 Å². The van der Waals surface area contributed by atoms with Crippen molar-refractivity contribution in [2.45, 2.75) is 13.0 Å². The Bertz CT molecular complexity index is 424. The second kappa shape index (κ2) is 4.94. The molecule has 0 fully saturated rings. The van der Waals surface area contributed by atoms with Crippen LogP contribution in [0.5, 0.6) is 0 Å². The molecule has 1 aromatic rings. The van der Waals surface area contributed by atoms with E-state index in [1.54, 1.807) is 6.08 Å². The molecule has 3 heteroatoms. The number of carbonyl (C=O) groups is 1. The zero-order valence-electron chi connectivity index (χ0n) is 9.32. The molecule has 0 saturated carbocycles. The van der Waals surface area contributed by atoms with Gasteiger partial charge in [-0.2, -0.15) is 0 Å². The topological polar surface area (TPSA) is 38.3 Å². The van der Waals surface area contributed by atoms with Crippen LogP contribution in [0, 0.1) is 0 Å². The lowest BCUT2D eigenvalue weighted by atomic mass is 9.98. The summed E-state index contributed by atoms with van der Waals surface area (Å²) in [6.45, 7) is 1.96. The normalized spacial score (nSPS) is 14.8. The van der Waals surface area contributed by atoms with Crippen LogP contribution < -0.4 is 5.32 Å². The molecule has 0 radical (unpaired) electrons. The van der Waals surface area contributed by atoms with E-state index in [1.165, 1.54) is 24.3 Å². The molecular formula is C13H15NO2. The Kier molecular flexibility index (Phi) is 3.37. The summed E-state index contributed by atoms with van der Waals surface area (Å²) >= 11 is 0. The minimum atomic E-state index is -0.323. The number of rotatable bonds is 2. The van der Waals surface area contributed by atoms with Gasteiger partial charge in [0.15, 0.2) is 0 Å². The van der Waals surface area contributed by atoms with Crippen molar-refractivity contribution < 1.29 is 9.53 Å². The average molecular weight is 217 g/mol. The van der Waals surface area contributed by atoms with Gasteiger partial charge in [0.2, 0.25) is 0 Å². The van der Waals surface area contributed by atoms with Crippen molar-refractivity contribution in [1.82, 2.24) is 5.32 Å². The summed E-state index contributed by atoms with van der Waals surface area (Å²) < 4.78 is 4.55. The summed E-state index contributed by atoms with van der Waals surface area (Å²) in [6, 6.07) is 6.28. The minimum absolute atomic E-state index is 0.323. The van der Waals surface area contributed by atoms with Gasteiger partial charge in [-0.05, 0) is 35.7 Å². The van der Waals surface area contributed by atoms with Crippen molar-refractivity contribution in [3.63, 3.8) is 0 Å². The van der Waals surface area contributed by atoms with Gasteiger partial charge >= 0.3 is 5.97 Å². The maximum Gasteiger partial charge on any atom is 0.330 e. The van der Waals surface area contributed by atoms with Crippen molar-refractivity contribution in [2.24, 2.45) is 0 Å². The van der Waals surface area contributed by atoms with Gasteiger partial charge in [-0.3, -0.25) is 0 Å². The van der Waals surface area contributed by atoms with Gasteiger partial charge < -0.3 is 10.1 Å². The second-order valence-electron chi connectivity index (χ2n) is 3.81. The van der Waals surface area contributed by atoms with E-state index in [9.17, 15) is 4.79 Å². The van der Waals surface area contributed by atoms with Gasteiger partial charge in [0, 0.05) is 12.6 Å². The van der Waals surface area contributed by atoms with Crippen LogP contribution in [0.1, 0.15) is 16.7 Å². The highest BCUT2D eigenvalue weighted by Crippen LogP contribution is 2.16. The fraction of sp³-hybridized carbons (Fsp3) is 0.308. The summed E-state index contributed by atoms with van der Waals surface area (Å²) in [6.07, 6.45) is 4.30. The highest BCUT2D eigenvalue weighted by Gasteiger charge is 2.07. The molecule has 0 aliphatic carbocycles. The van der Waals surface area contributed by atoms with Crippen molar-refractivity contribution in [3.05, 3.63) is 41.0 Å². The Balaban J connectivity index is 2.17. The third-order valence-corrected chi connectivity index (χ3v) is 2.73. The zero-order valence-corrected chi connectivity index (χ0v) is 9.32. The summed E-state index contributed by atoms with van der Waals surface area (Å²) in [4.78, 5) is 11.0. The number of benzene rings is 1. The number of methoxy groups -OCH3 is 1. The molecule has 0 atom stereocenters. The monoisotopic (exact) mass is 217 g/mol. The smallest absolute Gasteiger partial charge is 0.330 e. The molecule has 84 valence electrons. The van der Waals surface area contributed by atoms with E-state index in [4.69, 9.17) is 0 Å². The molecule has 0 bridgehead atoms. The molecule has 0 spiro atoms. The summed E-state index contributed by atoms with van der Waals surface area (Å²) in [5.74, 6) is -0.323. The molecule has 1 N–H and O–H groups in total. The Labute approximate surface area is 95.1 Å². The van der Waals surface area contributed by atoms with Gasteiger partial charge in [-0.25, -0.2) is 4.79 Å². The SMILES string of the molecule is COC(=O)/C=C/c1ccc2c(c1)CNCC2. The molecule has 2 rings (SSSR count). The van der Waals surface area contributed by atoms with Crippen LogP contribution >= 0.6 is 0 Å². The highest BCUT2D eigenvalue weighted by atomic mass is 16.5. The Morgan fingerprint density at radius 3 is 3.12 bits per heavy atom. The number of hydrogen-bond donors (Lipinski definition) is 1. The molecule has 3 nitrogen and oxygen atoms in total. The summed E-state index contributed by atoms with van der Waals surface area (Å²) in [7, 11) is 1.38. The van der Waals surface area contributed by atoms with Gasteiger partial charge in [0.1, 0.15) is 0 Å². The van der Waals surface area contributed by atoms with E-state index >= 15 is 0 Å². The second-order valence-corrected chi connectivity index (χ2v) is 3.81. The van der Waals surface area contributed by atoms with Crippen LogP contribution in [-0.2, 0) is 22.5 Å². The van der Waals surface area contributed by atoms with E-state index in [2.05, 4.69) is 22.2 Å². The first kappa shape index (κ1) is 10.9. The van der Waals surface area contributed by atoms with E-state index in [1.807, 2.05) is 6.07 Å². The number of nitrogens with one attached hydrogen (secondary N) is 1. The molecule has 0 saturated heterocycles. The van der Waals surface area contributed by atoms with Crippen molar-refractivity contribution in [2.75, 3.05) is 13.7 Å². The molecule has 16 heavy (non-hydrogen) atoms. The molecule has 0 aromatic heterocycles. The fourth-order valence-corrected chi connectivity index (χ4v) is 1.84. The van der Waals surface area contributed by atoms with Crippen LogP contribution in [-0.4, -0.2) is 19.6 Å². The fourth-order valence-electron chi connectivity index (χ4n) is 1.84. The number of fused-ring (bicyclic) bond motifs is 1. The largest absolute Gasteiger partial charge is 0.466 e. The third-order valence-electron chi connectivity index (χ3n) is 2.73. The minimum Gasteiger partial charge on any atom is -0.466 e. The zero-order chi connectivity index (χ0) is 11.4. The lowest BCUT2D eigenvalue weighted by Gasteiger charge is -2.17. The summed E-state index contributed by atoms with van der Waals surface area (Å²) in [5, 5.41) is 3.33. The molecule has 1 heterocycles. The van der Waals surface area contributed by atoms with Gasteiger partial charge in [0.25, 0.3) is 0 Å².